The summed E-state index contributed by atoms with van der Waals surface area (Å²) >= 11 is 0. The van der Waals surface area contributed by atoms with Gasteiger partial charge >= 0.3 is 58.4 Å². The Bertz CT molecular complexity index is 859. The van der Waals surface area contributed by atoms with Crippen molar-refractivity contribution in [3.05, 3.63) is 78.9 Å². The number of rotatable bonds is 5. The van der Waals surface area contributed by atoms with Gasteiger partial charge in [-0.05, 0) is 24.6 Å². The van der Waals surface area contributed by atoms with Crippen LogP contribution in [0.25, 0.3) is 0 Å². The maximum Gasteiger partial charge on any atom is 1.00 e. The van der Waals surface area contributed by atoms with Gasteiger partial charge in [0.05, 0.1) is 7.11 Å². The fourth-order valence-electron chi connectivity index (χ4n) is 2.77. The summed E-state index contributed by atoms with van der Waals surface area (Å²) in [5.74, 6) is 0.599. The van der Waals surface area contributed by atoms with E-state index in [1.54, 1.807) is 18.2 Å². The van der Waals surface area contributed by atoms with Crippen LogP contribution in [0.3, 0.4) is 0 Å². The van der Waals surface area contributed by atoms with E-state index < -0.39 is 20.4 Å². The number of benzene rings is 3. The first-order valence-electron chi connectivity index (χ1n) is 7.79. The molecule has 1 unspecified atom stereocenters. The molecule has 3 aromatic rings. The Balaban J connectivity index is 0.00000243. The molecular formula is C19H16BF3KOP. The Kier molecular flexibility index (Phi) is 7.95. The summed E-state index contributed by atoms with van der Waals surface area (Å²) in [6.45, 7) is -5.11. The molecule has 0 N–H and O–H groups in total. The largest absolute Gasteiger partial charge is 1.00 e. The molecule has 0 amide bonds. The van der Waals surface area contributed by atoms with Crippen molar-refractivity contribution in [2.45, 2.75) is 0 Å². The molecular weight excluding hydrogens is 382 g/mol. The summed E-state index contributed by atoms with van der Waals surface area (Å²) in [4.78, 5) is 0. The molecule has 7 heteroatoms. The van der Waals surface area contributed by atoms with Crippen LogP contribution in [0.5, 0.6) is 5.75 Å². The summed E-state index contributed by atoms with van der Waals surface area (Å²) in [6.07, 6.45) is 0. The van der Waals surface area contributed by atoms with Crippen molar-refractivity contribution in [1.82, 2.24) is 0 Å². The molecule has 0 saturated carbocycles. The maximum atomic E-state index is 13.7. The van der Waals surface area contributed by atoms with Gasteiger partial charge in [-0.2, -0.15) is 0 Å². The Morgan fingerprint density at radius 2 is 1.27 bits per heavy atom. The Hall–Kier alpha value is -0.619. The van der Waals surface area contributed by atoms with Gasteiger partial charge in [-0.3, -0.25) is 0 Å². The van der Waals surface area contributed by atoms with Crippen LogP contribution in [0.15, 0.2) is 78.9 Å². The average Bonchev–Trinajstić information content (AvgIpc) is 2.63. The third kappa shape index (κ3) is 4.80. The zero-order valence-electron chi connectivity index (χ0n) is 14.6. The molecule has 1 atom stereocenters. The Labute approximate surface area is 195 Å². The van der Waals surface area contributed by atoms with Crippen molar-refractivity contribution < 1.29 is 69.1 Å². The van der Waals surface area contributed by atoms with Gasteiger partial charge in [-0.25, -0.2) is 0 Å². The second-order valence-electron chi connectivity index (χ2n) is 5.48. The maximum absolute atomic E-state index is 13.7. The van der Waals surface area contributed by atoms with Crippen LogP contribution >= 0.6 is 7.92 Å². The van der Waals surface area contributed by atoms with E-state index in [2.05, 4.69) is 0 Å². The fraction of sp³-hybridized carbons (Fsp3) is 0.0526. The van der Waals surface area contributed by atoms with Crippen molar-refractivity contribution in [2.75, 3.05) is 7.11 Å². The minimum Gasteiger partial charge on any atom is -0.496 e. The molecule has 0 spiro atoms. The minimum atomic E-state index is -5.11. The molecule has 0 bridgehead atoms. The van der Waals surface area contributed by atoms with Crippen LogP contribution in [-0.2, 0) is 0 Å². The summed E-state index contributed by atoms with van der Waals surface area (Å²) in [5.41, 5.74) is -0.539. The van der Waals surface area contributed by atoms with Gasteiger partial charge in [-0.15, -0.1) is 5.46 Å². The molecule has 3 rings (SSSR count). The number of para-hydroxylation sites is 1. The van der Waals surface area contributed by atoms with Crippen molar-refractivity contribution in [2.24, 2.45) is 0 Å². The first kappa shape index (κ1) is 21.7. The predicted molar refractivity (Wildman–Crippen MR) is 100 cm³/mol. The first-order valence-corrected chi connectivity index (χ1v) is 9.13. The molecule has 128 valence electrons. The topological polar surface area (TPSA) is 9.23 Å². The summed E-state index contributed by atoms with van der Waals surface area (Å²) in [5, 5.41) is 1.94. The smallest absolute Gasteiger partial charge is 0.496 e. The second-order valence-corrected chi connectivity index (χ2v) is 7.63. The molecule has 26 heavy (non-hydrogen) atoms. The SMILES string of the molecule is COc1ccccc1P(c1ccccc1)c1ccccc1[B-](F)(F)F.[K+]. The molecule has 3 aromatic carbocycles. The van der Waals surface area contributed by atoms with Crippen LogP contribution in [0.2, 0.25) is 0 Å². The van der Waals surface area contributed by atoms with Crippen LogP contribution in [0.1, 0.15) is 0 Å². The predicted octanol–water partition coefficient (Wildman–Crippen LogP) is 0.512. The van der Waals surface area contributed by atoms with Crippen LogP contribution in [0.4, 0.5) is 12.9 Å². The first-order chi connectivity index (χ1) is 12.0. The molecule has 0 heterocycles. The third-order valence-corrected chi connectivity index (χ3v) is 6.43. The number of hydrogen-bond acceptors (Lipinski definition) is 1. The van der Waals surface area contributed by atoms with Gasteiger partial charge in [0.15, 0.2) is 0 Å². The van der Waals surface area contributed by atoms with Crippen molar-refractivity contribution in [3.63, 3.8) is 0 Å². The fourth-order valence-corrected chi connectivity index (χ4v) is 5.39. The van der Waals surface area contributed by atoms with E-state index in [4.69, 9.17) is 4.74 Å². The van der Waals surface area contributed by atoms with Gasteiger partial charge in [0.25, 0.3) is 0 Å². The summed E-state index contributed by atoms with van der Waals surface area (Å²) in [6, 6.07) is 22.4. The summed E-state index contributed by atoms with van der Waals surface area (Å²) < 4.78 is 46.4. The number of ether oxygens (including phenoxy) is 1. The van der Waals surface area contributed by atoms with E-state index in [0.717, 1.165) is 10.6 Å². The summed E-state index contributed by atoms with van der Waals surface area (Å²) in [7, 11) is 0.152. The minimum absolute atomic E-state index is 0. The monoisotopic (exact) mass is 398 g/mol. The standard InChI is InChI=1S/C19H16BF3OP.K/c1-24-17-12-6-8-14-19(17)25(15-9-3-2-4-10-15)18-13-7-5-11-16(18)20(21,22)23;/h2-14H,1H3;/q-1;+1. The molecule has 0 aliphatic carbocycles. The molecule has 0 saturated heterocycles. The zero-order chi connectivity index (χ0) is 17.9. The van der Waals surface area contributed by atoms with E-state index >= 15 is 0 Å². The molecule has 0 fully saturated rings. The quantitative estimate of drug-likeness (QED) is 0.450. The van der Waals surface area contributed by atoms with Crippen LogP contribution in [-0.4, -0.2) is 14.1 Å². The van der Waals surface area contributed by atoms with Crippen LogP contribution < -0.4 is 77.5 Å². The van der Waals surface area contributed by atoms with Gasteiger partial charge in [0.2, 0.25) is 0 Å². The van der Waals surface area contributed by atoms with Gasteiger partial charge in [0.1, 0.15) is 5.75 Å². The molecule has 0 aromatic heterocycles. The Morgan fingerprint density at radius 3 is 1.88 bits per heavy atom. The van der Waals surface area contributed by atoms with E-state index in [0.29, 0.717) is 11.1 Å². The van der Waals surface area contributed by atoms with Gasteiger partial charge in [-0.1, -0.05) is 72.8 Å². The molecule has 0 aliphatic rings. The van der Waals surface area contributed by atoms with Crippen LogP contribution in [0, 0.1) is 0 Å². The molecule has 1 nitrogen and oxygen atoms in total. The molecule has 0 aliphatic heterocycles. The van der Waals surface area contributed by atoms with Crippen molar-refractivity contribution in [1.29, 1.82) is 0 Å². The zero-order valence-corrected chi connectivity index (χ0v) is 18.6. The second kappa shape index (κ2) is 9.54. The average molecular weight is 398 g/mol. The van der Waals surface area contributed by atoms with E-state index in [1.807, 2.05) is 48.5 Å². The third-order valence-electron chi connectivity index (χ3n) is 3.87. The number of methoxy groups -OCH3 is 1. The van der Waals surface area contributed by atoms with E-state index in [-0.39, 0.29) is 51.4 Å². The number of hydrogen-bond donors (Lipinski definition) is 0. The van der Waals surface area contributed by atoms with Crippen molar-refractivity contribution >= 4 is 36.3 Å². The van der Waals surface area contributed by atoms with E-state index in [9.17, 15) is 12.9 Å². The molecule has 0 radical (unpaired) electrons. The van der Waals surface area contributed by atoms with Gasteiger partial charge in [0, 0.05) is 5.30 Å². The normalized spacial score (nSPS) is 12.2. The van der Waals surface area contributed by atoms with E-state index in [1.165, 1.54) is 19.2 Å². The Morgan fingerprint density at radius 1 is 0.731 bits per heavy atom. The van der Waals surface area contributed by atoms with Gasteiger partial charge < -0.3 is 17.7 Å². The van der Waals surface area contributed by atoms with Crippen molar-refractivity contribution in [3.8, 4) is 5.75 Å². The number of halogens is 3.